The lowest BCUT2D eigenvalue weighted by Crippen LogP contribution is -2.38. The summed E-state index contributed by atoms with van der Waals surface area (Å²) in [6.07, 6.45) is 0.469. The minimum Gasteiger partial charge on any atom is -0.348 e. The number of aromatic nitrogens is 1. The molecule has 0 bridgehead atoms. The third-order valence-electron chi connectivity index (χ3n) is 14.0. The molecule has 0 amide bonds. The predicted octanol–water partition coefficient (Wildman–Crippen LogP) is 15.9. The molecule has 2 aliphatic rings. The molecule has 326 valence electrons. The molecule has 69 heavy (non-hydrogen) atoms. The molecule has 1 N–H and O–H groups in total. The second-order valence-electron chi connectivity index (χ2n) is 18.1. The van der Waals surface area contributed by atoms with Crippen molar-refractivity contribution in [2.75, 3.05) is 0 Å². The average Bonchev–Trinajstić information content (AvgIpc) is 3.76. The summed E-state index contributed by atoms with van der Waals surface area (Å²) in [7, 11) is 0. The summed E-state index contributed by atoms with van der Waals surface area (Å²) < 4.78 is 2.51. The Balaban J connectivity index is 0.980. The van der Waals surface area contributed by atoms with Gasteiger partial charge in [-0.3, -0.25) is 0 Å². The van der Waals surface area contributed by atoms with E-state index in [4.69, 9.17) is 9.98 Å². The number of nitrogens with one attached hydrogen (secondary N) is 1. The first kappa shape index (κ1) is 40.4. The van der Waals surface area contributed by atoms with E-state index in [1.807, 2.05) is 0 Å². The summed E-state index contributed by atoms with van der Waals surface area (Å²) in [5.41, 5.74) is 20.1. The summed E-state index contributed by atoms with van der Waals surface area (Å²) in [5, 5.41) is 6.34. The second-order valence-corrected chi connectivity index (χ2v) is 18.1. The average molecular weight is 883 g/mol. The fraction of sp³-hybridized carbons (Fsp3) is 0.0462. The molecule has 4 nitrogen and oxygen atoms in total. The third kappa shape index (κ3) is 7.34. The predicted molar refractivity (Wildman–Crippen MR) is 287 cm³/mol. The lowest BCUT2D eigenvalue weighted by atomic mass is 9.77. The Hall–Kier alpha value is -8.86. The summed E-state index contributed by atoms with van der Waals surface area (Å²) in [6, 6.07) is 89.9. The maximum Gasteiger partial charge on any atom is 0.159 e. The Kier molecular flexibility index (Phi) is 10.0. The molecule has 0 spiro atoms. The molecule has 0 radical (unpaired) electrons. The van der Waals surface area contributed by atoms with Crippen LogP contribution in [0.3, 0.4) is 0 Å². The number of hydrogen-bond donors (Lipinski definition) is 1. The van der Waals surface area contributed by atoms with Crippen LogP contribution in [0.1, 0.15) is 34.3 Å². The summed E-state index contributed by atoms with van der Waals surface area (Å²) in [6.45, 7) is 0. The fourth-order valence-corrected chi connectivity index (χ4v) is 10.7. The van der Waals surface area contributed by atoms with Crippen LogP contribution in [0.2, 0.25) is 0 Å². The molecule has 0 fully saturated rings. The minimum absolute atomic E-state index is 0.0434. The van der Waals surface area contributed by atoms with Crippen LogP contribution in [0.4, 0.5) is 0 Å². The molecule has 2 atom stereocenters. The van der Waals surface area contributed by atoms with Crippen molar-refractivity contribution >= 4 is 33.5 Å². The van der Waals surface area contributed by atoms with Gasteiger partial charge in [0.15, 0.2) is 5.84 Å². The number of fused-ring (bicyclic) bond motifs is 6. The number of rotatable bonds is 8. The van der Waals surface area contributed by atoms with Crippen LogP contribution < -0.4 is 5.32 Å². The lowest BCUT2D eigenvalue weighted by molar-refractivity contribution is 0.646. The maximum absolute atomic E-state index is 5.48. The highest BCUT2D eigenvalue weighted by Gasteiger charge is 2.33. The third-order valence-corrected chi connectivity index (χ3v) is 14.0. The molecule has 0 saturated heterocycles. The standard InChI is InChI=1S/C65H46N4/c1-5-19-43(20-6-1)47-27-17-29-49(37-47)50-35-36-53(45-23-9-3-10-24-45)61(40-50)69-60-34-16-15-33-56(60)58-42-57-52(41-62(58)69)39-59(55-32-14-13-31-54(55)57)65-67-63(46-25-11-4-12-26-46)66-64(68-65)51-30-18-28-48(38-51)44-21-7-2-8-22-44/h1-38,40-42,59,63H,39H2,(H,66,67,68)/t59-,63?/m0/s1. The van der Waals surface area contributed by atoms with Crippen molar-refractivity contribution in [2.24, 2.45) is 9.98 Å². The first-order valence-electron chi connectivity index (χ1n) is 23.8. The smallest absolute Gasteiger partial charge is 0.159 e. The van der Waals surface area contributed by atoms with E-state index in [1.54, 1.807) is 0 Å². The van der Waals surface area contributed by atoms with Gasteiger partial charge < -0.3 is 9.88 Å². The van der Waals surface area contributed by atoms with Crippen LogP contribution in [-0.4, -0.2) is 16.2 Å². The van der Waals surface area contributed by atoms with E-state index < -0.39 is 0 Å². The van der Waals surface area contributed by atoms with E-state index in [2.05, 4.69) is 259 Å². The van der Waals surface area contributed by atoms with Crippen LogP contribution in [-0.2, 0) is 6.42 Å². The molecule has 10 aromatic carbocycles. The van der Waals surface area contributed by atoms with Crippen molar-refractivity contribution in [3.8, 4) is 61.3 Å². The van der Waals surface area contributed by atoms with Gasteiger partial charge in [-0.1, -0.05) is 212 Å². The van der Waals surface area contributed by atoms with E-state index in [9.17, 15) is 0 Å². The Labute approximate surface area is 402 Å². The van der Waals surface area contributed by atoms with Gasteiger partial charge in [-0.15, -0.1) is 0 Å². The van der Waals surface area contributed by atoms with Gasteiger partial charge in [-0.25, -0.2) is 9.98 Å². The van der Waals surface area contributed by atoms with Gasteiger partial charge in [0.25, 0.3) is 0 Å². The second kappa shape index (κ2) is 17.1. The van der Waals surface area contributed by atoms with Crippen molar-refractivity contribution in [3.63, 3.8) is 0 Å². The van der Waals surface area contributed by atoms with Gasteiger partial charge in [0, 0.05) is 27.8 Å². The SMILES string of the molecule is c1ccc(-c2cccc(C3=NC(c4ccccc4)NC([C@H]4Cc5cc6c(cc5-c5ccccc54)c4ccccc4n6-c4cc(-c5cccc(-c6ccccc6)c5)ccc4-c4ccccc4)=N3)c2)cc1. The molecule has 13 rings (SSSR count). The number of amidine groups is 2. The van der Waals surface area contributed by atoms with Crippen LogP contribution in [0, 0.1) is 0 Å². The molecule has 2 heterocycles. The number of benzene rings is 10. The highest BCUT2D eigenvalue weighted by molar-refractivity contribution is 6.13. The normalized spacial score (nSPS) is 15.2. The van der Waals surface area contributed by atoms with Crippen LogP contribution in [0.15, 0.2) is 259 Å². The summed E-state index contributed by atoms with van der Waals surface area (Å²) in [4.78, 5) is 10.8. The van der Waals surface area contributed by atoms with E-state index >= 15 is 0 Å². The van der Waals surface area contributed by atoms with Gasteiger partial charge in [0.05, 0.1) is 16.7 Å². The molecule has 1 aliphatic carbocycles. The number of hydrogen-bond acceptors (Lipinski definition) is 3. The van der Waals surface area contributed by atoms with Gasteiger partial charge in [0.1, 0.15) is 12.0 Å². The zero-order valence-corrected chi connectivity index (χ0v) is 37.9. The number of para-hydroxylation sites is 1. The fourth-order valence-electron chi connectivity index (χ4n) is 10.7. The summed E-state index contributed by atoms with van der Waals surface area (Å²) in [5.74, 6) is 1.62. The van der Waals surface area contributed by atoms with Crippen molar-refractivity contribution in [1.82, 2.24) is 9.88 Å². The lowest BCUT2D eigenvalue weighted by Gasteiger charge is -2.33. The molecular formula is C65H46N4. The van der Waals surface area contributed by atoms with Gasteiger partial charge in [0.2, 0.25) is 0 Å². The van der Waals surface area contributed by atoms with Crippen LogP contribution >= 0.6 is 0 Å². The molecule has 0 saturated carbocycles. The van der Waals surface area contributed by atoms with Crippen molar-refractivity contribution < 1.29 is 0 Å². The highest BCUT2D eigenvalue weighted by Crippen LogP contribution is 2.46. The summed E-state index contributed by atoms with van der Waals surface area (Å²) >= 11 is 0. The largest absolute Gasteiger partial charge is 0.348 e. The molecule has 1 unspecified atom stereocenters. The minimum atomic E-state index is -0.301. The van der Waals surface area contributed by atoms with Crippen molar-refractivity contribution in [1.29, 1.82) is 0 Å². The van der Waals surface area contributed by atoms with Crippen molar-refractivity contribution in [3.05, 3.63) is 271 Å². The Morgan fingerprint density at radius 2 is 0.957 bits per heavy atom. The zero-order chi connectivity index (χ0) is 45.7. The first-order chi connectivity index (χ1) is 34.2. The number of aliphatic imine (C=N–C) groups is 2. The molecule has 11 aromatic rings. The van der Waals surface area contributed by atoms with E-state index in [0.717, 1.165) is 40.5 Å². The zero-order valence-electron chi connectivity index (χ0n) is 37.9. The van der Waals surface area contributed by atoms with Gasteiger partial charge in [-0.2, -0.15) is 0 Å². The number of nitrogens with zero attached hydrogens (tertiary/aromatic N) is 3. The van der Waals surface area contributed by atoms with E-state index in [-0.39, 0.29) is 12.1 Å². The van der Waals surface area contributed by atoms with Gasteiger partial charge in [-0.05, 0) is 110 Å². The van der Waals surface area contributed by atoms with Gasteiger partial charge >= 0.3 is 0 Å². The molecule has 1 aliphatic heterocycles. The highest BCUT2D eigenvalue weighted by atomic mass is 15.2. The first-order valence-corrected chi connectivity index (χ1v) is 23.8. The van der Waals surface area contributed by atoms with Crippen LogP contribution in [0.25, 0.3) is 83.1 Å². The monoisotopic (exact) mass is 882 g/mol. The molecular weight excluding hydrogens is 837 g/mol. The molecule has 1 aromatic heterocycles. The topological polar surface area (TPSA) is 41.7 Å². The van der Waals surface area contributed by atoms with E-state index in [1.165, 1.54) is 83.0 Å². The Morgan fingerprint density at radius 1 is 0.391 bits per heavy atom. The maximum atomic E-state index is 5.48. The van der Waals surface area contributed by atoms with Crippen molar-refractivity contribution in [2.45, 2.75) is 18.5 Å². The Morgan fingerprint density at radius 3 is 1.68 bits per heavy atom. The molecule has 4 heteroatoms. The van der Waals surface area contributed by atoms with E-state index in [0.29, 0.717) is 0 Å². The Bertz CT molecular complexity index is 3780. The van der Waals surface area contributed by atoms with Crippen LogP contribution in [0.5, 0.6) is 0 Å². The quantitative estimate of drug-likeness (QED) is 0.162.